The van der Waals surface area contributed by atoms with E-state index in [0.29, 0.717) is 26.1 Å². The molecule has 0 aliphatic carbocycles. The molecular formula is C12H18N2O2. The topological polar surface area (TPSA) is 50.4 Å². The van der Waals surface area contributed by atoms with Gasteiger partial charge >= 0.3 is 0 Å². The van der Waals surface area contributed by atoms with Gasteiger partial charge in [0.25, 0.3) is 0 Å². The molecule has 1 aromatic rings. The van der Waals surface area contributed by atoms with E-state index in [0.717, 1.165) is 5.75 Å². The van der Waals surface area contributed by atoms with Crippen molar-refractivity contribution in [2.24, 2.45) is 0 Å². The predicted octanol–water partition coefficient (Wildman–Crippen LogP) is 0.791. The second kappa shape index (κ2) is 7.70. The van der Waals surface area contributed by atoms with Crippen molar-refractivity contribution >= 4 is 5.91 Å². The number of benzene rings is 1. The second-order valence-electron chi connectivity index (χ2n) is 3.37. The van der Waals surface area contributed by atoms with Gasteiger partial charge in [0.15, 0.2) is 0 Å². The molecule has 0 aromatic heterocycles. The lowest BCUT2D eigenvalue weighted by atomic mass is 10.3. The van der Waals surface area contributed by atoms with Crippen molar-refractivity contribution in [1.82, 2.24) is 10.6 Å². The Labute approximate surface area is 96.0 Å². The number of carbonyl (C=O) groups is 1. The Bertz CT molecular complexity index is 301. The lowest BCUT2D eigenvalue weighted by Gasteiger charge is -2.07. The van der Waals surface area contributed by atoms with Crippen LogP contribution in [0.25, 0.3) is 0 Å². The molecule has 1 rings (SSSR count). The highest BCUT2D eigenvalue weighted by Gasteiger charge is 1.98. The highest BCUT2D eigenvalue weighted by Crippen LogP contribution is 2.07. The fourth-order valence-electron chi connectivity index (χ4n) is 1.20. The van der Waals surface area contributed by atoms with Crippen LogP contribution in [0.2, 0.25) is 0 Å². The summed E-state index contributed by atoms with van der Waals surface area (Å²) in [4.78, 5) is 11.2. The van der Waals surface area contributed by atoms with Gasteiger partial charge in [-0.25, -0.2) is 0 Å². The van der Waals surface area contributed by atoms with Gasteiger partial charge in [-0.15, -0.1) is 0 Å². The minimum atomic E-state index is 0.0472. The summed E-state index contributed by atoms with van der Waals surface area (Å²) in [5, 5.41) is 5.71. The van der Waals surface area contributed by atoms with E-state index in [1.54, 1.807) is 0 Å². The average Bonchev–Trinajstić information content (AvgIpc) is 2.33. The van der Waals surface area contributed by atoms with Crippen molar-refractivity contribution < 1.29 is 9.53 Å². The van der Waals surface area contributed by atoms with E-state index in [4.69, 9.17) is 4.74 Å². The molecule has 4 heteroatoms. The van der Waals surface area contributed by atoms with Gasteiger partial charge in [0.2, 0.25) is 5.91 Å². The molecule has 0 radical (unpaired) electrons. The standard InChI is InChI=1S/C12H18N2O2/c1-13-8-7-12(15)14-9-10-16-11-5-3-2-4-6-11/h2-6,13H,7-10H2,1H3,(H,14,15). The molecule has 0 aliphatic heterocycles. The SMILES string of the molecule is CNCCC(=O)NCCOc1ccccc1. The summed E-state index contributed by atoms with van der Waals surface area (Å²) < 4.78 is 5.43. The van der Waals surface area contributed by atoms with Crippen LogP contribution in [-0.4, -0.2) is 32.7 Å². The molecule has 1 amide bonds. The molecule has 16 heavy (non-hydrogen) atoms. The number of hydrogen-bond donors (Lipinski definition) is 2. The molecule has 1 aromatic carbocycles. The van der Waals surface area contributed by atoms with E-state index in [1.165, 1.54) is 0 Å². The van der Waals surface area contributed by atoms with E-state index in [9.17, 15) is 4.79 Å². The van der Waals surface area contributed by atoms with Gasteiger partial charge in [0.05, 0.1) is 6.54 Å². The molecule has 0 aliphatic rings. The third kappa shape index (κ3) is 5.36. The Balaban J connectivity index is 2.06. The van der Waals surface area contributed by atoms with Crippen LogP contribution in [0, 0.1) is 0 Å². The maximum absolute atomic E-state index is 11.2. The lowest BCUT2D eigenvalue weighted by Crippen LogP contribution is -2.30. The van der Waals surface area contributed by atoms with E-state index < -0.39 is 0 Å². The van der Waals surface area contributed by atoms with Crippen LogP contribution in [0.4, 0.5) is 0 Å². The van der Waals surface area contributed by atoms with Gasteiger partial charge in [-0.3, -0.25) is 4.79 Å². The third-order valence-corrected chi connectivity index (χ3v) is 2.04. The number of ether oxygens (including phenoxy) is 1. The fourth-order valence-corrected chi connectivity index (χ4v) is 1.20. The average molecular weight is 222 g/mol. The monoisotopic (exact) mass is 222 g/mol. The number of carbonyl (C=O) groups excluding carboxylic acids is 1. The predicted molar refractivity (Wildman–Crippen MR) is 63.5 cm³/mol. The van der Waals surface area contributed by atoms with Gasteiger partial charge in [-0.2, -0.15) is 0 Å². The van der Waals surface area contributed by atoms with E-state index >= 15 is 0 Å². The Morgan fingerprint density at radius 3 is 2.69 bits per heavy atom. The highest BCUT2D eigenvalue weighted by atomic mass is 16.5. The molecular weight excluding hydrogens is 204 g/mol. The number of rotatable bonds is 7. The molecule has 4 nitrogen and oxygen atoms in total. The zero-order chi connectivity index (χ0) is 11.6. The first-order valence-corrected chi connectivity index (χ1v) is 5.42. The summed E-state index contributed by atoms with van der Waals surface area (Å²) in [5.74, 6) is 0.873. The third-order valence-electron chi connectivity index (χ3n) is 2.04. The summed E-state index contributed by atoms with van der Waals surface area (Å²) in [6, 6.07) is 9.56. The van der Waals surface area contributed by atoms with E-state index in [1.807, 2.05) is 37.4 Å². The minimum Gasteiger partial charge on any atom is -0.492 e. The first kappa shape index (κ1) is 12.5. The zero-order valence-electron chi connectivity index (χ0n) is 9.53. The first-order chi connectivity index (χ1) is 7.83. The summed E-state index contributed by atoms with van der Waals surface area (Å²) in [6.07, 6.45) is 0.502. The molecule has 0 saturated carbocycles. The van der Waals surface area contributed by atoms with Crippen LogP contribution >= 0.6 is 0 Å². The van der Waals surface area contributed by atoms with Crippen molar-refractivity contribution in [2.45, 2.75) is 6.42 Å². The first-order valence-electron chi connectivity index (χ1n) is 5.42. The van der Waals surface area contributed by atoms with E-state index in [-0.39, 0.29) is 5.91 Å². The smallest absolute Gasteiger partial charge is 0.221 e. The Kier molecular flexibility index (Phi) is 6.03. The number of nitrogens with one attached hydrogen (secondary N) is 2. The number of hydrogen-bond acceptors (Lipinski definition) is 3. The van der Waals surface area contributed by atoms with Crippen molar-refractivity contribution in [3.63, 3.8) is 0 Å². The molecule has 0 spiro atoms. The van der Waals surface area contributed by atoms with Gasteiger partial charge in [-0.05, 0) is 19.2 Å². The maximum Gasteiger partial charge on any atom is 0.221 e. The molecule has 2 N–H and O–H groups in total. The fraction of sp³-hybridized carbons (Fsp3) is 0.417. The molecule has 0 unspecified atom stereocenters. The van der Waals surface area contributed by atoms with Crippen LogP contribution in [0.1, 0.15) is 6.42 Å². The van der Waals surface area contributed by atoms with Crippen molar-refractivity contribution in [2.75, 3.05) is 26.7 Å². The summed E-state index contributed by atoms with van der Waals surface area (Å²) in [7, 11) is 1.83. The minimum absolute atomic E-state index is 0.0472. The maximum atomic E-state index is 11.2. The second-order valence-corrected chi connectivity index (χ2v) is 3.37. The molecule has 88 valence electrons. The summed E-state index contributed by atoms with van der Waals surface area (Å²) in [6.45, 7) is 1.73. The van der Waals surface area contributed by atoms with Gasteiger partial charge < -0.3 is 15.4 Å². The van der Waals surface area contributed by atoms with Crippen LogP contribution in [0.15, 0.2) is 30.3 Å². The van der Waals surface area contributed by atoms with Gasteiger partial charge in [-0.1, -0.05) is 18.2 Å². The van der Waals surface area contributed by atoms with Crippen LogP contribution in [0.5, 0.6) is 5.75 Å². The van der Waals surface area contributed by atoms with Gasteiger partial charge in [0, 0.05) is 13.0 Å². The van der Waals surface area contributed by atoms with Gasteiger partial charge in [0.1, 0.15) is 12.4 Å². The van der Waals surface area contributed by atoms with Crippen molar-refractivity contribution in [1.29, 1.82) is 0 Å². The van der Waals surface area contributed by atoms with Crippen molar-refractivity contribution in [3.8, 4) is 5.75 Å². The zero-order valence-corrected chi connectivity index (χ0v) is 9.53. The molecule has 0 bridgehead atoms. The normalized spacial score (nSPS) is 9.81. The van der Waals surface area contributed by atoms with Crippen LogP contribution < -0.4 is 15.4 Å². The molecule has 0 heterocycles. The van der Waals surface area contributed by atoms with Crippen molar-refractivity contribution in [3.05, 3.63) is 30.3 Å². The molecule has 0 fully saturated rings. The Morgan fingerprint density at radius 1 is 1.25 bits per heavy atom. The Hall–Kier alpha value is -1.55. The lowest BCUT2D eigenvalue weighted by molar-refractivity contribution is -0.121. The molecule has 0 saturated heterocycles. The van der Waals surface area contributed by atoms with Crippen LogP contribution in [-0.2, 0) is 4.79 Å². The summed E-state index contributed by atoms with van der Waals surface area (Å²) in [5.41, 5.74) is 0. The van der Waals surface area contributed by atoms with Crippen LogP contribution in [0.3, 0.4) is 0 Å². The number of amides is 1. The molecule has 0 atom stereocenters. The largest absolute Gasteiger partial charge is 0.492 e. The highest BCUT2D eigenvalue weighted by molar-refractivity contribution is 5.75. The number of para-hydroxylation sites is 1. The summed E-state index contributed by atoms with van der Waals surface area (Å²) >= 11 is 0. The Morgan fingerprint density at radius 2 is 2.00 bits per heavy atom. The van der Waals surface area contributed by atoms with E-state index in [2.05, 4.69) is 10.6 Å². The quantitative estimate of drug-likeness (QED) is 0.671.